The van der Waals surface area contributed by atoms with Crippen molar-refractivity contribution in [3.05, 3.63) is 90.9 Å². The number of carbonyl (C=O) groups is 1. The molecule has 0 saturated heterocycles. The summed E-state index contributed by atoms with van der Waals surface area (Å²) in [6, 6.07) is 19.3. The second kappa shape index (κ2) is 11.0. The minimum atomic E-state index is -3.63. The van der Waals surface area contributed by atoms with Crippen LogP contribution < -0.4 is 5.32 Å². The number of nitrogens with one attached hydrogen (secondary N) is 1. The van der Waals surface area contributed by atoms with Gasteiger partial charge >= 0.3 is 0 Å². The number of anilines is 1. The van der Waals surface area contributed by atoms with Gasteiger partial charge in [0.25, 0.3) is 0 Å². The number of hydrogen-bond donors (Lipinski definition) is 1. The molecular formula is C24H21N7O3S2. The third-order valence-corrected chi connectivity index (χ3v) is 7.60. The molecule has 0 aliphatic carbocycles. The molecule has 4 rings (SSSR count). The number of nitrogens with zero attached hydrogens (tertiary/aromatic N) is 6. The van der Waals surface area contributed by atoms with E-state index in [1.807, 2.05) is 24.3 Å². The lowest BCUT2D eigenvalue weighted by molar-refractivity contribution is -0.113. The maximum Gasteiger partial charge on any atom is 0.236 e. The number of aromatic nitrogens is 5. The van der Waals surface area contributed by atoms with E-state index in [9.17, 15) is 18.5 Å². The van der Waals surface area contributed by atoms with E-state index in [0.29, 0.717) is 10.8 Å². The number of para-hydroxylation sites is 1. The Morgan fingerprint density at radius 1 is 1.11 bits per heavy atom. The summed E-state index contributed by atoms with van der Waals surface area (Å²) < 4.78 is 28.7. The molecule has 0 saturated carbocycles. The molecule has 0 spiro atoms. The first-order valence-corrected chi connectivity index (χ1v) is 13.3. The number of sulfone groups is 1. The van der Waals surface area contributed by atoms with E-state index < -0.39 is 9.84 Å². The Hall–Kier alpha value is -4.21. The summed E-state index contributed by atoms with van der Waals surface area (Å²) in [7, 11) is -3.63. The van der Waals surface area contributed by atoms with Crippen LogP contribution in [-0.2, 0) is 26.9 Å². The van der Waals surface area contributed by atoms with Crippen LogP contribution in [0.3, 0.4) is 0 Å². The van der Waals surface area contributed by atoms with E-state index in [2.05, 4.69) is 27.2 Å². The van der Waals surface area contributed by atoms with Crippen LogP contribution in [0, 0.1) is 11.3 Å². The molecule has 4 aromatic rings. The normalized spacial score (nSPS) is 11.1. The van der Waals surface area contributed by atoms with Gasteiger partial charge in [-0.05, 0) is 24.3 Å². The molecule has 0 aliphatic rings. The van der Waals surface area contributed by atoms with Crippen LogP contribution >= 0.6 is 11.8 Å². The summed E-state index contributed by atoms with van der Waals surface area (Å²) in [6.45, 7) is 3.99. The topological polar surface area (TPSA) is 136 Å². The molecule has 2 heterocycles. The lowest BCUT2D eigenvalue weighted by atomic mass is 10.3. The zero-order valence-electron chi connectivity index (χ0n) is 19.0. The fourth-order valence-electron chi connectivity index (χ4n) is 3.34. The van der Waals surface area contributed by atoms with E-state index in [0.717, 1.165) is 11.8 Å². The fraction of sp³-hybridized carbons (Fsp3) is 0.125. The molecule has 2 aromatic carbocycles. The van der Waals surface area contributed by atoms with Gasteiger partial charge in [0.2, 0.25) is 5.91 Å². The van der Waals surface area contributed by atoms with Crippen LogP contribution in [0.5, 0.6) is 0 Å². The molecular weight excluding hydrogens is 498 g/mol. The van der Waals surface area contributed by atoms with Crippen molar-refractivity contribution in [3.63, 3.8) is 0 Å². The molecule has 12 heteroatoms. The Morgan fingerprint density at radius 2 is 1.81 bits per heavy atom. The highest BCUT2D eigenvalue weighted by Crippen LogP contribution is 2.23. The Bertz CT molecular complexity index is 1520. The van der Waals surface area contributed by atoms with Crippen molar-refractivity contribution in [1.29, 1.82) is 5.26 Å². The van der Waals surface area contributed by atoms with E-state index in [4.69, 9.17) is 0 Å². The fourth-order valence-corrected chi connectivity index (χ4v) is 5.40. The average Bonchev–Trinajstić information content (AvgIpc) is 3.47. The number of allylic oxidation sites excluding steroid dienone is 1. The van der Waals surface area contributed by atoms with Gasteiger partial charge in [0.1, 0.15) is 23.2 Å². The summed E-state index contributed by atoms with van der Waals surface area (Å²) in [4.78, 5) is 13.0. The van der Waals surface area contributed by atoms with Gasteiger partial charge in [0.05, 0.1) is 22.5 Å². The van der Waals surface area contributed by atoms with Crippen molar-refractivity contribution in [2.45, 2.75) is 22.3 Å². The molecule has 36 heavy (non-hydrogen) atoms. The Morgan fingerprint density at radius 3 is 2.47 bits per heavy atom. The lowest BCUT2D eigenvalue weighted by Crippen LogP contribution is -2.18. The zero-order chi connectivity index (χ0) is 25.5. The molecule has 0 bridgehead atoms. The molecule has 2 aromatic heterocycles. The van der Waals surface area contributed by atoms with Crippen molar-refractivity contribution in [1.82, 2.24) is 24.5 Å². The van der Waals surface area contributed by atoms with E-state index >= 15 is 0 Å². The maximum absolute atomic E-state index is 12.8. The van der Waals surface area contributed by atoms with Gasteiger partial charge in [-0.25, -0.2) is 13.1 Å². The SMILES string of the molecule is C=CCn1c(CS(=O)(=O)c2ccccc2)nnc1SCC(=O)Nc1c(C#N)cnn1-c1ccccc1. The maximum atomic E-state index is 12.8. The van der Waals surface area contributed by atoms with Crippen LogP contribution in [0.15, 0.2) is 89.6 Å². The number of rotatable bonds is 10. The first kappa shape index (κ1) is 24.9. The zero-order valence-corrected chi connectivity index (χ0v) is 20.6. The molecule has 0 fully saturated rings. The number of benzene rings is 2. The van der Waals surface area contributed by atoms with Crippen molar-refractivity contribution in [3.8, 4) is 11.8 Å². The van der Waals surface area contributed by atoms with Gasteiger partial charge < -0.3 is 9.88 Å². The third kappa shape index (κ3) is 5.54. The summed E-state index contributed by atoms with van der Waals surface area (Å²) in [5, 5.41) is 24.9. The van der Waals surface area contributed by atoms with E-state index in [-0.39, 0.29) is 46.1 Å². The predicted octanol–water partition coefficient (Wildman–Crippen LogP) is 3.23. The van der Waals surface area contributed by atoms with Gasteiger partial charge in [-0.15, -0.1) is 16.8 Å². The smallest absolute Gasteiger partial charge is 0.236 e. The number of amides is 1. The minimum absolute atomic E-state index is 0.0500. The minimum Gasteiger partial charge on any atom is -0.309 e. The van der Waals surface area contributed by atoms with Crippen LogP contribution in [0.1, 0.15) is 11.4 Å². The average molecular weight is 520 g/mol. The Kier molecular flexibility index (Phi) is 7.62. The number of hydrogen-bond acceptors (Lipinski definition) is 8. The van der Waals surface area contributed by atoms with Gasteiger partial charge in [-0.1, -0.05) is 54.2 Å². The summed E-state index contributed by atoms with van der Waals surface area (Å²) in [6.07, 6.45) is 2.99. The highest BCUT2D eigenvalue weighted by atomic mass is 32.2. The van der Waals surface area contributed by atoms with Crippen molar-refractivity contribution in [2.24, 2.45) is 0 Å². The highest BCUT2D eigenvalue weighted by Gasteiger charge is 2.22. The van der Waals surface area contributed by atoms with Crippen molar-refractivity contribution >= 4 is 33.3 Å². The first-order chi connectivity index (χ1) is 17.4. The number of nitriles is 1. The quantitative estimate of drug-likeness (QED) is 0.249. The molecule has 182 valence electrons. The van der Waals surface area contributed by atoms with Gasteiger partial charge in [0, 0.05) is 6.54 Å². The summed E-state index contributed by atoms with van der Waals surface area (Å²) in [5.41, 5.74) is 0.914. The molecule has 0 radical (unpaired) electrons. The van der Waals surface area contributed by atoms with Crippen LogP contribution in [-0.4, -0.2) is 44.6 Å². The van der Waals surface area contributed by atoms with Gasteiger partial charge in [-0.3, -0.25) is 4.79 Å². The predicted molar refractivity (Wildman–Crippen MR) is 135 cm³/mol. The van der Waals surface area contributed by atoms with Crippen LogP contribution in [0.2, 0.25) is 0 Å². The Labute approximate surface area is 212 Å². The molecule has 0 unspecified atom stereocenters. The van der Waals surface area contributed by atoms with E-state index in [1.54, 1.807) is 41.0 Å². The second-order valence-electron chi connectivity index (χ2n) is 7.47. The number of thioether (sulfide) groups is 1. The highest BCUT2D eigenvalue weighted by molar-refractivity contribution is 7.99. The van der Waals surface area contributed by atoms with Crippen molar-refractivity contribution < 1.29 is 13.2 Å². The first-order valence-electron chi connectivity index (χ1n) is 10.7. The summed E-state index contributed by atoms with van der Waals surface area (Å²) >= 11 is 1.10. The van der Waals surface area contributed by atoms with E-state index in [1.165, 1.54) is 23.0 Å². The lowest BCUT2D eigenvalue weighted by Gasteiger charge is -2.10. The van der Waals surface area contributed by atoms with Crippen LogP contribution in [0.4, 0.5) is 5.82 Å². The largest absolute Gasteiger partial charge is 0.309 e. The Balaban J connectivity index is 1.49. The van der Waals surface area contributed by atoms with Crippen LogP contribution in [0.25, 0.3) is 5.69 Å². The second-order valence-corrected chi connectivity index (χ2v) is 10.4. The third-order valence-electron chi connectivity index (χ3n) is 5.01. The van der Waals surface area contributed by atoms with Gasteiger partial charge in [-0.2, -0.15) is 10.4 Å². The summed E-state index contributed by atoms with van der Waals surface area (Å²) in [5.74, 6) is -0.273. The molecule has 1 amide bonds. The number of carbonyl (C=O) groups excluding carboxylic acids is 1. The molecule has 0 atom stereocenters. The molecule has 10 nitrogen and oxygen atoms in total. The van der Waals surface area contributed by atoms with Gasteiger partial charge in [0.15, 0.2) is 20.8 Å². The van der Waals surface area contributed by atoms with Crippen molar-refractivity contribution in [2.75, 3.05) is 11.1 Å². The molecule has 1 N–H and O–H groups in total. The standard InChI is InChI=1S/C24H21N7O3S2/c1-2-13-30-21(17-36(33,34)20-11-7-4-8-12-20)28-29-24(30)35-16-22(32)27-23-18(14-25)15-26-31(23)19-9-5-3-6-10-19/h2-12,15H,1,13,16-17H2,(H,27,32). The molecule has 0 aliphatic heterocycles. The monoisotopic (exact) mass is 519 g/mol.